The molecule has 2 aliphatic carbocycles. The van der Waals surface area contributed by atoms with Gasteiger partial charge in [0, 0.05) is 12.0 Å². The van der Waals surface area contributed by atoms with Crippen LogP contribution in [0.4, 0.5) is 0 Å². The van der Waals surface area contributed by atoms with E-state index >= 15 is 0 Å². The van der Waals surface area contributed by atoms with Gasteiger partial charge in [-0.05, 0) is 78.9 Å². The van der Waals surface area contributed by atoms with E-state index in [1.807, 2.05) is 42.5 Å². The van der Waals surface area contributed by atoms with Crippen LogP contribution in [0.3, 0.4) is 0 Å². The number of hydrogen-bond acceptors (Lipinski definition) is 4. The van der Waals surface area contributed by atoms with Crippen molar-refractivity contribution in [2.24, 2.45) is 16.7 Å². The maximum Gasteiger partial charge on any atom is 0.191 e. The quantitative estimate of drug-likeness (QED) is 0.130. The van der Waals surface area contributed by atoms with Crippen LogP contribution >= 0.6 is 0 Å². The molecule has 2 saturated carbocycles. The van der Waals surface area contributed by atoms with Gasteiger partial charge in [0.2, 0.25) is 0 Å². The Labute approximate surface area is 226 Å². The molecule has 5 heteroatoms. The molecule has 0 saturated heterocycles. The lowest BCUT2D eigenvalue weighted by Gasteiger charge is -2.46. The molecule has 4 nitrogen and oxygen atoms in total. The fourth-order valence-corrected chi connectivity index (χ4v) is 7.39. The molecule has 1 N–H and O–H groups in total. The lowest BCUT2D eigenvalue weighted by molar-refractivity contribution is -0.133. The molecule has 0 spiro atoms. The molecule has 0 aromatic heterocycles. The summed E-state index contributed by atoms with van der Waals surface area (Å²) in [5.41, 5.74) is 0.343. The number of aliphatic hydroxyl groups is 1. The van der Waals surface area contributed by atoms with Crippen molar-refractivity contribution in [2.45, 2.75) is 96.7 Å². The van der Waals surface area contributed by atoms with Gasteiger partial charge in [0.1, 0.15) is 11.4 Å². The molecule has 2 fully saturated rings. The Morgan fingerprint density at radius 1 is 1.19 bits per heavy atom. The Morgan fingerprint density at radius 3 is 2.41 bits per heavy atom. The molecule has 206 valence electrons. The molecule has 37 heavy (non-hydrogen) atoms. The van der Waals surface area contributed by atoms with Crippen LogP contribution in [0.25, 0.3) is 0 Å². The van der Waals surface area contributed by atoms with Gasteiger partial charge in [-0.25, -0.2) is 0 Å². The highest BCUT2D eigenvalue weighted by Gasteiger charge is 2.74. The van der Waals surface area contributed by atoms with Gasteiger partial charge in [-0.15, -0.1) is 6.58 Å². The monoisotopic (exact) mass is 526 g/mol. The summed E-state index contributed by atoms with van der Waals surface area (Å²) in [6.07, 6.45) is 9.34. The Balaban J connectivity index is 1.72. The van der Waals surface area contributed by atoms with Crippen LogP contribution in [0, 0.1) is 16.7 Å². The zero-order valence-electron chi connectivity index (χ0n) is 24.5. The van der Waals surface area contributed by atoms with Gasteiger partial charge in [-0.2, -0.15) is 0 Å². The molecule has 0 unspecified atom stereocenters. The van der Waals surface area contributed by atoms with E-state index in [1.54, 1.807) is 7.11 Å². The van der Waals surface area contributed by atoms with Crippen molar-refractivity contribution in [3.63, 3.8) is 0 Å². The number of benzene rings is 1. The van der Waals surface area contributed by atoms with E-state index in [1.165, 1.54) is 0 Å². The molecule has 1 aromatic rings. The van der Waals surface area contributed by atoms with E-state index in [-0.39, 0.29) is 22.5 Å². The third kappa shape index (κ3) is 5.43. The summed E-state index contributed by atoms with van der Waals surface area (Å²) in [7, 11) is -0.0769. The second-order valence-corrected chi connectivity index (χ2v) is 18.0. The van der Waals surface area contributed by atoms with Crippen molar-refractivity contribution in [3.05, 3.63) is 66.8 Å². The normalized spacial score (nSPS) is 29.1. The molecule has 2 bridgehead atoms. The van der Waals surface area contributed by atoms with Crippen molar-refractivity contribution in [3.8, 4) is 5.75 Å². The van der Waals surface area contributed by atoms with Gasteiger partial charge < -0.3 is 19.0 Å². The zero-order valence-corrected chi connectivity index (χ0v) is 25.5. The lowest BCUT2D eigenvalue weighted by atomic mass is 9.62. The first-order valence-electron chi connectivity index (χ1n) is 13.8. The lowest BCUT2D eigenvalue weighted by Crippen LogP contribution is -2.53. The summed E-state index contributed by atoms with van der Waals surface area (Å²) in [6.45, 7) is 25.6. The number of allylic oxidation sites excluding steroid dienone is 2. The topological polar surface area (TPSA) is 47.9 Å². The Bertz CT molecular complexity index is 987. The summed E-state index contributed by atoms with van der Waals surface area (Å²) in [4.78, 5) is 0. The highest BCUT2D eigenvalue weighted by molar-refractivity contribution is 6.74. The Kier molecular flexibility index (Phi) is 8.75. The molecular formula is C32H50O4Si. The van der Waals surface area contributed by atoms with Gasteiger partial charge in [0.15, 0.2) is 8.32 Å². The minimum Gasteiger partial charge on any atom is -0.497 e. The molecule has 3 rings (SSSR count). The molecule has 2 aliphatic rings. The zero-order chi connectivity index (χ0) is 27.7. The van der Waals surface area contributed by atoms with Crippen molar-refractivity contribution in [1.29, 1.82) is 0 Å². The van der Waals surface area contributed by atoms with Gasteiger partial charge in [0.25, 0.3) is 0 Å². The number of methoxy groups -OCH3 is 1. The number of ether oxygens (including phenoxy) is 2. The molecule has 0 aliphatic heterocycles. The van der Waals surface area contributed by atoms with Gasteiger partial charge in [-0.1, -0.05) is 71.1 Å². The third-order valence-corrected chi connectivity index (χ3v) is 14.4. The standard InChI is InChI=1S/C32H50O4Si/c1-11-31-20-19-27(30(31,6)7)28(35-23-25-14-16-26(34-8)17-15-25)32(31,33)21-18-24(2)13-12-22-36-37(9,10)29(3,4)5/h11,14-18,21,27-28,33H,1-2,12-13,19-20,22-23H2,3-10H3/b21-18-/t27-,28+,31-,32-/m0/s1. The van der Waals surface area contributed by atoms with Crippen molar-refractivity contribution >= 4 is 8.32 Å². The minimum atomic E-state index is -1.74. The summed E-state index contributed by atoms with van der Waals surface area (Å²) in [5.74, 6) is 1.06. The summed E-state index contributed by atoms with van der Waals surface area (Å²) < 4.78 is 18.2. The van der Waals surface area contributed by atoms with Crippen LogP contribution in [0.2, 0.25) is 18.1 Å². The van der Waals surface area contributed by atoms with E-state index in [4.69, 9.17) is 13.9 Å². The maximum atomic E-state index is 12.3. The Hall–Kier alpha value is -1.66. The molecular weight excluding hydrogens is 476 g/mol. The predicted molar refractivity (Wildman–Crippen MR) is 156 cm³/mol. The van der Waals surface area contributed by atoms with Crippen molar-refractivity contribution in [1.82, 2.24) is 0 Å². The van der Waals surface area contributed by atoms with E-state index < -0.39 is 19.3 Å². The van der Waals surface area contributed by atoms with Crippen LogP contribution in [-0.4, -0.2) is 38.8 Å². The highest BCUT2D eigenvalue weighted by atomic mass is 28.4. The number of fused-ring (bicyclic) bond motifs is 2. The van der Waals surface area contributed by atoms with E-state index in [2.05, 4.69) is 60.9 Å². The van der Waals surface area contributed by atoms with E-state index in [9.17, 15) is 5.11 Å². The molecule has 0 heterocycles. The fraction of sp³-hybridized carbons (Fsp3) is 0.625. The number of rotatable bonds is 12. The van der Waals surface area contributed by atoms with Crippen LogP contribution in [0.5, 0.6) is 5.75 Å². The summed E-state index contributed by atoms with van der Waals surface area (Å²) in [5, 5.41) is 12.6. The van der Waals surface area contributed by atoms with Crippen molar-refractivity contribution in [2.75, 3.05) is 13.7 Å². The first kappa shape index (κ1) is 29.9. The minimum absolute atomic E-state index is 0.128. The first-order chi connectivity index (χ1) is 17.1. The van der Waals surface area contributed by atoms with Crippen LogP contribution in [0.15, 0.2) is 61.2 Å². The van der Waals surface area contributed by atoms with E-state index in [0.717, 1.165) is 49.2 Å². The SMILES string of the molecule is C=C[C@@]12CC[C@@H]([C@@H](OCc3ccc(OC)cc3)[C@@]1(O)/C=C\C(=C)CCCO[Si](C)(C)C(C)(C)C)C2(C)C. The van der Waals surface area contributed by atoms with Crippen LogP contribution < -0.4 is 4.74 Å². The average molecular weight is 527 g/mol. The third-order valence-electron chi connectivity index (χ3n) is 9.86. The molecule has 0 radical (unpaired) electrons. The van der Waals surface area contributed by atoms with Gasteiger partial charge in [-0.3, -0.25) is 0 Å². The average Bonchev–Trinajstić information content (AvgIpc) is 3.17. The van der Waals surface area contributed by atoms with Gasteiger partial charge in [0.05, 0.1) is 19.8 Å². The van der Waals surface area contributed by atoms with Crippen LogP contribution in [0.1, 0.15) is 65.9 Å². The summed E-state index contributed by atoms with van der Waals surface area (Å²) >= 11 is 0. The molecule has 1 aromatic carbocycles. The summed E-state index contributed by atoms with van der Waals surface area (Å²) in [6, 6.07) is 7.92. The second-order valence-electron chi connectivity index (χ2n) is 13.2. The van der Waals surface area contributed by atoms with Crippen molar-refractivity contribution < 1.29 is 19.0 Å². The Morgan fingerprint density at radius 2 is 1.84 bits per heavy atom. The highest BCUT2D eigenvalue weighted by Crippen LogP contribution is 2.71. The van der Waals surface area contributed by atoms with E-state index in [0.29, 0.717) is 6.61 Å². The largest absolute Gasteiger partial charge is 0.497 e. The first-order valence-corrected chi connectivity index (χ1v) is 16.7. The second kappa shape index (κ2) is 10.8. The maximum absolute atomic E-state index is 12.3. The number of hydrogen-bond donors (Lipinski definition) is 1. The van der Waals surface area contributed by atoms with Crippen LogP contribution in [-0.2, 0) is 15.8 Å². The van der Waals surface area contributed by atoms with Gasteiger partial charge >= 0.3 is 0 Å². The molecule has 4 atom stereocenters. The fourth-order valence-electron chi connectivity index (χ4n) is 6.30. The predicted octanol–water partition coefficient (Wildman–Crippen LogP) is 7.85. The smallest absolute Gasteiger partial charge is 0.191 e. The molecule has 0 amide bonds.